The van der Waals surface area contributed by atoms with E-state index in [0.29, 0.717) is 4.88 Å². The normalized spacial score (nSPS) is 12.6. The van der Waals surface area contributed by atoms with E-state index in [1.807, 2.05) is 52.7 Å². The minimum absolute atomic E-state index is 0.307. The third kappa shape index (κ3) is 3.41. The summed E-state index contributed by atoms with van der Waals surface area (Å²) in [6.07, 6.45) is 7.04. The average molecular weight is 366 g/mol. The number of rotatable bonds is 5. The summed E-state index contributed by atoms with van der Waals surface area (Å²) in [7, 11) is 0. The molecule has 4 rings (SSSR count). The lowest BCUT2D eigenvalue weighted by atomic mass is 10.1. The fraction of sp³-hybridized carbons (Fsp3) is 0.200. The van der Waals surface area contributed by atoms with Gasteiger partial charge in [0.15, 0.2) is 6.61 Å². The summed E-state index contributed by atoms with van der Waals surface area (Å²) in [6, 6.07) is 11.6. The smallest absolute Gasteiger partial charge is 0.350 e. The van der Waals surface area contributed by atoms with Crippen molar-refractivity contribution in [3.63, 3.8) is 0 Å². The van der Waals surface area contributed by atoms with Crippen LogP contribution >= 0.6 is 11.3 Å². The molecule has 0 bridgehead atoms. The van der Waals surface area contributed by atoms with E-state index < -0.39 is 5.97 Å². The molecule has 132 valence electrons. The molecule has 0 saturated heterocycles. The Bertz CT molecular complexity index is 944. The highest BCUT2D eigenvalue weighted by Gasteiger charge is 2.17. The molecule has 0 saturated carbocycles. The molecule has 2 heterocycles. The molecule has 26 heavy (non-hydrogen) atoms. The molecule has 1 aromatic carbocycles. The number of nitrogens with one attached hydrogen (secondary N) is 1. The first-order valence-electron chi connectivity index (χ1n) is 8.50. The van der Waals surface area contributed by atoms with E-state index in [0.717, 1.165) is 30.6 Å². The predicted octanol–water partition coefficient (Wildman–Crippen LogP) is 3.82. The van der Waals surface area contributed by atoms with Crippen molar-refractivity contribution in [3.05, 3.63) is 70.2 Å². The Morgan fingerprint density at radius 1 is 1.12 bits per heavy atom. The van der Waals surface area contributed by atoms with Crippen molar-refractivity contribution in [1.82, 2.24) is 4.57 Å². The molecule has 0 radical (unpaired) electrons. The molecule has 1 aliphatic carbocycles. The zero-order valence-corrected chi connectivity index (χ0v) is 14.9. The second-order valence-corrected chi connectivity index (χ2v) is 7.10. The number of esters is 1. The highest BCUT2D eigenvalue weighted by molar-refractivity contribution is 7.12. The monoisotopic (exact) mass is 366 g/mol. The van der Waals surface area contributed by atoms with E-state index in [-0.39, 0.29) is 12.5 Å². The van der Waals surface area contributed by atoms with Crippen molar-refractivity contribution >= 4 is 28.9 Å². The number of carbonyl (C=O) groups is 2. The molecule has 6 heteroatoms. The predicted molar refractivity (Wildman–Crippen MR) is 101 cm³/mol. The molecule has 5 nitrogen and oxygen atoms in total. The minimum Gasteiger partial charge on any atom is -0.451 e. The zero-order chi connectivity index (χ0) is 17.9. The lowest BCUT2D eigenvalue weighted by Gasteiger charge is -2.09. The molecule has 3 aromatic rings. The second kappa shape index (κ2) is 7.17. The molecule has 0 atom stereocenters. The summed E-state index contributed by atoms with van der Waals surface area (Å²) in [5, 5.41) is 4.63. The topological polar surface area (TPSA) is 60.3 Å². The third-order valence-corrected chi connectivity index (χ3v) is 5.31. The van der Waals surface area contributed by atoms with Crippen molar-refractivity contribution in [3.8, 4) is 5.69 Å². The molecule has 1 N–H and O–H groups in total. The molecule has 0 unspecified atom stereocenters. The van der Waals surface area contributed by atoms with Gasteiger partial charge in [-0.1, -0.05) is 6.07 Å². The van der Waals surface area contributed by atoms with Crippen LogP contribution < -0.4 is 5.32 Å². The summed E-state index contributed by atoms with van der Waals surface area (Å²) < 4.78 is 7.04. The number of aromatic nitrogens is 1. The number of ether oxygens (including phenoxy) is 1. The number of anilines is 1. The van der Waals surface area contributed by atoms with Gasteiger partial charge >= 0.3 is 5.97 Å². The maximum absolute atomic E-state index is 12.3. The van der Waals surface area contributed by atoms with Crippen molar-refractivity contribution < 1.29 is 14.3 Å². The minimum atomic E-state index is -0.493. The maximum Gasteiger partial charge on any atom is 0.350 e. The van der Waals surface area contributed by atoms with E-state index in [1.54, 1.807) is 0 Å². The number of thiophene rings is 1. The van der Waals surface area contributed by atoms with E-state index in [2.05, 4.69) is 11.4 Å². The van der Waals surface area contributed by atoms with Crippen LogP contribution in [0, 0.1) is 0 Å². The van der Waals surface area contributed by atoms with Gasteiger partial charge in [-0.25, -0.2) is 4.79 Å². The van der Waals surface area contributed by atoms with Crippen molar-refractivity contribution in [2.24, 2.45) is 0 Å². The molecule has 0 spiro atoms. The highest BCUT2D eigenvalue weighted by Crippen LogP contribution is 2.25. The lowest BCUT2D eigenvalue weighted by molar-refractivity contribution is -0.119. The number of nitrogens with zero attached hydrogens (tertiary/aromatic N) is 1. The Kier molecular flexibility index (Phi) is 4.58. The summed E-state index contributed by atoms with van der Waals surface area (Å²) in [5.74, 6) is -0.830. The van der Waals surface area contributed by atoms with Gasteiger partial charge in [0.05, 0.1) is 5.69 Å². The van der Waals surface area contributed by atoms with Crippen molar-refractivity contribution in [2.45, 2.75) is 19.3 Å². The number of hydrogen-bond donors (Lipinski definition) is 1. The number of benzene rings is 1. The summed E-state index contributed by atoms with van der Waals surface area (Å²) >= 11 is 1.30. The Balaban J connectivity index is 1.36. The Morgan fingerprint density at radius 2 is 1.92 bits per heavy atom. The summed E-state index contributed by atoms with van der Waals surface area (Å²) in [5.41, 5.74) is 4.14. The number of amides is 1. The largest absolute Gasteiger partial charge is 0.451 e. The van der Waals surface area contributed by atoms with Gasteiger partial charge in [0, 0.05) is 18.1 Å². The Hall–Kier alpha value is -2.86. The van der Waals surface area contributed by atoms with Crippen LogP contribution in [0.4, 0.5) is 5.69 Å². The van der Waals surface area contributed by atoms with Gasteiger partial charge in [-0.2, -0.15) is 0 Å². The fourth-order valence-electron chi connectivity index (χ4n) is 3.20. The molecule has 2 aromatic heterocycles. The first kappa shape index (κ1) is 16.6. The van der Waals surface area contributed by atoms with Crippen LogP contribution in [0.5, 0.6) is 0 Å². The second-order valence-electron chi connectivity index (χ2n) is 6.19. The van der Waals surface area contributed by atoms with Crippen molar-refractivity contribution in [1.29, 1.82) is 0 Å². The van der Waals surface area contributed by atoms with Crippen LogP contribution in [0.3, 0.4) is 0 Å². The molecular weight excluding hydrogens is 348 g/mol. The first-order valence-corrected chi connectivity index (χ1v) is 9.38. The van der Waals surface area contributed by atoms with Gasteiger partial charge in [-0.3, -0.25) is 4.79 Å². The van der Waals surface area contributed by atoms with Gasteiger partial charge < -0.3 is 14.6 Å². The number of aryl methyl sites for hydroxylation is 2. The zero-order valence-electron chi connectivity index (χ0n) is 14.1. The van der Waals surface area contributed by atoms with Gasteiger partial charge in [0.2, 0.25) is 0 Å². The SMILES string of the molecule is O=C(COC(=O)c1sccc1-n1cccc1)Nc1ccc2c(c1)CCC2. The summed E-state index contributed by atoms with van der Waals surface area (Å²) in [6.45, 7) is -0.307. The fourth-order valence-corrected chi connectivity index (χ4v) is 3.98. The Labute approximate surface area is 155 Å². The molecular formula is C20H18N2O3S. The standard InChI is InChI=1S/C20H18N2O3S/c23-18(21-16-7-6-14-4-3-5-15(14)12-16)13-25-20(24)19-17(8-11-26-19)22-9-1-2-10-22/h1-2,6-12H,3-5,13H2,(H,21,23). The van der Waals surface area contributed by atoms with E-state index in [1.165, 1.54) is 22.5 Å². The van der Waals surface area contributed by atoms with Crippen LogP contribution in [-0.2, 0) is 22.4 Å². The average Bonchev–Trinajstić information content (AvgIpc) is 3.39. The van der Waals surface area contributed by atoms with Crippen molar-refractivity contribution in [2.75, 3.05) is 11.9 Å². The van der Waals surface area contributed by atoms with Crippen LogP contribution in [-0.4, -0.2) is 23.1 Å². The lowest BCUT2D eigenvalue weighted by Crippen LogP contribution is -2.21. The molecule has 0 fully saturated rings. The van der Waals surface area contributed by atoms with E-state index >= 15 is 0 Å². The maximum atomic E-state index is 12.3. The van der Waals surface area contributed by atoms with Gasteiger partial charge in [-0.15, -0.1) is 11.3 Å². The van der Waals surface area contributed by atoms with Crippen LogP contribution in [0.1, 0.15) is 27.2 Å². The van der Waals surface area contributed by atoms with Crippen LogP contribution in [0.25, 0.3) is 5.69 Å². The summed E-state index contributed by atoms with van der Waals surface area (Å²) in [4.78, 5) is 24.9. The van der Waals surface area contributed by atoms with Gasteiger partial charge in [-0.05, 0) is 66.1 Å². The molecule has 0 aliphatic heterocycles. The first-order chi connectivity index (χ1) is 12.7. The third-order valence-electron chi connectivity index (χ3n) is 4.43. The quantitative estimate of drug-likeness (QED) is 0.698. The van der Waals surface area contributed by atoms with Crippen LogP contribution in [0.15, 0.2) is 54.2 Å². The molecule has 1 aliphatic rings. The Morgan fingerprint density at radius 3 is 2.77 bits per heavy atom. The van der Waals surface area contributed by atoms with Gasteiger partial charge in [0.1, 0.15) is 4.88 Å². The van der Waals surface area contributed by atoms with Crippen LogP contribution in [0.2, 0.25) is 0 Å². The molecule has 1 amide bonds. The number of fused-ring (bicyclic) bond motifs is 1. The van der Waals surface area contributed by atoms with E-state index in [4.69, 9.17) is 4.74 Å². The van der Waals surface area contributed by atoms with Gasteiger partial charge in [0.25, 0.3) is 5.91 Å². The number of carbonyl (C=O) groups excluding carboxylic acids is 2. The van der Waals surface area contributed by atoms with E-state index in [9.17, 15) is 9.59 Å². The highest BCUT2D eigenvalue weighted by atomic mass is 32.1. The number of hydrogen-bond acceptors (Lipinski definition) is 4.